The Morgan fingerprint density at radius 2 is 1.81 bits per heavy atom. The standard InChI is InChI=1S/C18H16F3N3O3/c19-18(20,21)14-7-4-8-15(12-14)24-17(26)27-23-10-9-22-16(25)11-13-5-2-1-3-6-13/h1-8,10,12H,9,11H2,(H,22,25)(H,24,26)/b23-10+. The van der Waals surface area contributed by atoms with Gasteiger partial charge in [-0.25, -0.2) is 4.79 Å². The van der Waals surface area contributed by atoms with Gasteiger partial charge in [0.25, 0.3) is 0 Å². The molecule has 2 aromatic rings. The molecule has 2 amide bonds. The molecule has 142 valence electrons. The van der Waals surface area contributed by atoms with Gasteiger partial charge in [0.1, 0.15) is 0 Å². The van der Waals surface area contributed by atoms with Crippen molar-refractivity contribution in [1.82, 2.24) is 5.32 Å². The first-order chi connectivity index (χ1) is 12.8. The van der Waals surface area contributed by atoms with E-state index in [9.17, 15) is 22.8 Å². The van der Waals surface area contributed by atoms with Crippen molar-refractivity contribution in [2.45, 2.75) is 12.6 Å². The molecule has 0 aromatic heterocycles. The molecule has 6 nitrogen and oxygen atoms in total. The summed E-state index contributed by atoms with van der Waals surface area (Å²) in [6.45, 7) is 0.0303. The number of anilines is 1. The summed E-state index contributed by atoms with van der Waals surface area (Å²) in [5.41, 5.74) is -0.130. The fraction of sp³-hybridized carbons (Fsp3) is 0.167. The third kappa shape index (κ3) is 7.18. The number of rotatable bonds is 6. The quantitative estimate of drug-likeness (QED) is 0.457. The number of nitrogens with zero attached hydrogens (tertiary/aromatic N) is 1. The summed E-state index contributed by atoms with van der Waals surface area (Å²) in [4.78, 5) is 27.6. The zero-order valence-corrected chi connectivity index (χ0v) is 14.0. The van der Waals surface area contributed by atoms with E-state index in [1.165, 1.54) is 6.07 Å². The van der Waals surface area contributed by atoms with Gasteiger partial charge in [-0.15, -0.1) is 0 Å². The molecule has 0 saturated carbocycles. The van der Waals surface area contributed by atoms with Gasteiger partial charge in [-0.2, -0.15) is 13.2 Å². The lowest BCUT2D eigenvalue weighted by Crippen LogP contribution is -2.26. The van der Waals surface area contributed by atoms with Crippen molar-refractivity contribution in [3.05, 3.63) is 65.7 Å². The predicted octanol–water partition coefficient (Wildman–Crippen LogP) is 3.60. The molecule has 0 aliphatic heterocycles. The highest BCUT2D eigenvalue weighted by molar-refractivity contribution is 5.85. The normalized spacial score (nSPS) is 11.2. The summed E-state index contributed by atoms with van der Waals surface area (Å²) in [5, 5.41) is 8.02. The summed E-state index contributed by atoms with van der Waals surface area (Å²) in [6, 6.07) is 13.2. The number of carbonyl (C=O) groups excluding carboxylic acids is 2. The highest BCUT2D eigenvalue weighted by atomic mass is 19.4. The molecule has 0 aliphatic rings. The molecule has 2 rings (SSSR count). The average Bonchev–Trinajstić information content (AvgIpc) is 2.62. The smallest absolute Gasteiger partial charge is 0.351 e. The summed E-state index contributed by atoms with van der Waals surface area (Å²) in [6.07, 6.45) is -4.22. The van der Waals surface area contributed by atoms with Gasteiger partial charge in [0.15, 0.2) is 0 Å². The van der Waals surface area contributed by atoms with Crippen molar-refractivity contribution in [3.63, 3.8) is 0 Å². The zero-order valence-electron chi connectivity index (χ0n) is 14.0. The molecule has 2 N–H and O–H groups in total. The number of alkyl halides is 3. The first-order valence-electron chi connectivity index (χ1n) is 7.82. The number of halogens is 3. The average molecular weight is 379 g/mol. The van der Waals surface area contributed by atoms with Crippen LogP contribution in [0.3, 0.4) is 0 Å². The fourth-order valence-electron chi connectivity index (χ4n) is 2.04. The van der Waals surface area contributed by atoms with Crippen LogP contribution in [0.5, 0.6) is 0 Å². The van der Waals surface area contributed by atoms with Crippen molar-refractivity contribution < 1.29 is 27.6 Å². The minimum Gasteiger partial charge on any atom is -0.351 e. The predicted molar refractivity (Wildman–Crippen MR) is 93.2 cm³/mol. The number of carbonyl (C=O) groups is 2. The summed E-state index contributed by atoms with van der Waals surface area (Å²) in [7, 11) is 0. The highest BCUT2D eigenvalue weighted by Crippen LogP contribution is 2.30. The lowest BCUT2D eigenvalue weighted by Gasteiger charge is -2.08. The van der Waals surface area contributed by atoms with Crippen LogP contribution in [0.2, 0.25) is 0 Å². The number of hydrogen-bond acceptors (Lipinski definition) is 4. The maximum Gasteiger partial charge on any atom is 0.437 e. The summed E-state index contributed by atoms with van der Waals surface area (Å²) < 4.78 is 37.8. The van der Waals surface area contributed by atoms with Crippen LogP contribution in [-0.4, -0.2) is 24.8 Å². The van der Waals surface area contributed by atoms with Gasteiger partial charge in [-0.05, 0) is 23.8 Å². The molecule has 0 radical (unpaired) electrons. The number of nitrogens with one attached hydrogen (secondary N) is 2. The van der Waals surface area contributed by atoms with Crippen LogP contribution in [0, 0.1) is 0 Å². The maximum atomic E-state index is 12.6. The summed E-state index contributed by atoms with van der Waals surface area (Å²) in [5.74, 6) is -0.235. The van der Waals surface area contributed by atoms with E-state index in [-0.39, 0.29) is 24.6 Å². The molecule has 2 aromatic carbocycles. The Morgan fingerprint density at radius 1 is 1.07 bits per heavy atom. The molecular weight excluding hydrogens is 363 g/mol. The molecule has 0 heterocycles. The van der Waals surface area contributed by atoms with Crippen LogP contribution in [0.25, 0.3) is 0 Å². The zero-order chi connectivity index (χ0) is 19.7. The van der Waals surface area contributed by atoms with Gasteiger partial charge < -0.3 is 5.32 Å². The molecule has 0 bridgehead atoms. The lowest BCUT2D eigenvalue weighted by atomic mass is 10.1. The molecule has 0 aliphatic carbocycles. The van der Waals surface area contributed by atoms with Crippen LogP contribution in [0.1, 0.15) is 11.1 Å². The van der Waals surface area contributed by atoms with Crippen LogP contribution in [-0.2, 0) is 22.2 Å². The number of hydrogen-bond donors (Lipinski definition) is 2. The van der Waals surface area contributed by atoms with Crippen LogP contribution in [0.4, 0.5) is 23.7 Å². The largest absolute Gasteiger partial charge is 0.437 e. The van der Waals surface area contributed by atoms with Crippen LogP contribution >= 0.6 is 0 Å². The third-order valence-corrected chi connectivity index (χ3v) is 3.24. The Bertz CT molecular complexity index is 808. The first-order valence-corrected chi connectivity index (χ1v) is 7.82. The van der Waals surface area contributed by atoms with E-state index < -0.39 is 17.8 Å². The minimum absolute atomic E-state index is 0.0303. The van der Waals surface area contributed by atoms with E-state index >= 15 is 0 Å². The summed E-state index contributed by atoms with van der Waals surface area (Å²) >= 11 is 0. The Kier molecular flexibility index (Phi) is 6.93. The van der Waals surface area contributed by atoms with Crippen molar-refractivity contribution >= 4 is 23.9 Å². The second kappa shape index (κ2) is 9.37. The van der Waals surface area contributed by atoms with Crippen LogP contribution in [0.15, 0.2) is 59.8 Å². The molecule has 9 heteroatoms. The van der Waals surface area contributed by atoms with E-state index in [4.69, 9.17) is 0 Å². The second-order valence-electron chi connectivity index (χ2n) is 5.34. The van der Waals surface area contributed by atoms with Gasteiger partial charge >= 0.3 is 12.3 Å². The first kappa shape index (κ1) is 20.0. The van der Waals surface area contributed by atoms with Crippen LogP contribution < -0.4 is 10.6 Å². The van der Waals surface area contributed by atoms with Gasteiger partial charge in [0.05, 0.1) is 24.7 Å². The third-order valence-electron chi connectivity index (χ3n) is 3.24. The van der Waals surface area contributed by atoms with E-state index in [1.54, 1.807) is 0 Å². The highest BCUT2D eigenvalue weighted by Gasteiger charge is 2.30. The SMILES string of the molecule is O=C(Cc1ccccc1)NC/C=N/OC(=O)Nc1cccc(C(F)(F)F)c1. The number of benzene rings is 2. The van der Waals surface area contributed by atoms with Gasteiger partial charge in [0, 0.05) is 5.69 Å². The lowest BCUT2D eigenvalue weighted by molar-refractivity contribution is -0.137. The molecule has 27 heavy (non-hydrogen) atoms. The number of oxime groups is 1. The fourth-order valence-corrected chi connectivity index (χ4v) is 2.04. The van der Waals surface area contributed by atoms with Gasteiger partial charge in [0.2, 0.25) is 5.91 Å². The van der Waals surface area contributed by atoms with E-state index in [0.29, 0.717) is 0 Å². The van der Waals surface area contributed by atoms with Crippen molar-refractivity contribution in [3.8, 4) is 0 Å². The van der Waals surface area contributed by atoms with Crippen molar-refractivity contribution in [2.75, 3.05) is 11.9 Å². The Hall–Kier alpha value is -3.36. The molecule has 0 saturated heterocycles. The van der Waals surface area contributed by atoms with Crippen molar-refractivity contribution in [1.29, 1.82) is 0 Å². The Morgan fingerprint density at radius 3 is 2.52 bits per heavy atom. The second-order valence-corrected chi connectivity index (χ2v) is 5.34. The molecular formula is C18H16F3N3O3. The molecule has 0 spiro atoms. The van der Waals surface area contributed by atoms with Gasteiger partial charge in [-0.3, -0.25) is 14.9 Å². The monoisotopic (exact) mass is 379 g/mol. The van der Waals surface area contributed by atoms with Gasteiger partial charge in [-0.1, -0.05) is 41.6 Å². The topological polar surface area (TPSA) is 79.8 Å². The maximum absolute atomic E-state index is 12.6. The van der Waals surface area contributed by atoms with Crippen molar-refractivity contribution in [2.24, 2.45) is 5.16 Å². The Balaban J connectivity index is 1.72. The Labute approximate surface area is 153 Å². The molecule has 0 fully saturated rings. The minimum atomic E-state index is -4.52. The van der Waals surface area contributed by atoms with E-state index in [1.807, 2.05) is 30.3 Å². The molecule has 0 unspecified atom stereocenters. The van der Waals surface area contributed by atoms with E-state index in [0.717, 1.165) is 30.0 Å². The number of amides is 2. The van der Waals surface area contributed by atoms with E-state index in [2.05, 4.69) is 20.6 Å². The molecule has 0 atom stereocenters.